The largest absolute Gasteiger partial charge is 0.370 e. The molecular formula is C15H33N7O. The maximum absolute atomic E-state index is 9.55. The summed E-state index contributed by atoms with van der Waals surface area (Å²) in [7, 11) is 0. The van der Waals surface area contributed by atoms with Crippen molar-refractivity contribution in [2.45, 2.75) is 58.3 Å². The fourth-order valence-corrected chi connectivity index (χ4v) is 1.66. The molecule has 0 aromatic rings. The van der Waals surface area contributed by atoms with E-state index in [1.165, 1.54) is 25.3 Å². The second kappa shape index (κ2) is 19.9. The number of aliphatic imine (C=N–C) groups is 3. The fourth-order valence-electron chi connectivity index (χ4n) is 1.66. The standard InChI is InChI=1S/C8H20N6.C7H13NO/c9-7(10)13-5-3-1-2-4-6-14-8(11)12;1-2-3-4-5-6-8-7-9/h1-6H2,(H4,9,10,13)(H4,11,12,14);2-6H2,1H3. The Balaban J connectivity index is 0. The Morgan fingerprint density at radius 2 is 1.17 bits per heavy atom. The number of guanidine groups is 2. The van der Waals surface area contributed by atoms with E-state index in [4.69, 9.17) is 22.9 Å². The van der Waals surface area contributed by atoms with E-state index >= 15 is 0 Å². The average Bonchev–Trinajstić information content (AvgIpc) is 2.50. The second-order valence-electron chi connectivity index (χ2n) is 5.06. The number of unbranched alkanes of at least 4 members (excludes halogenated alkanes) is 6. The molecule has 134 valence electrons. The van der Waals surface area contributed by atoms with Crippen molar-refractivity contribution >= 4 is 18.0 Å². The summed E-state index contributed by atoms with van der Waals surface area (Å²) in [5.41, 5.74) is 20.7. The van der Waals surface area contributed by atoms with E-state index in [-0.39, 0.29) is 11.9 Å². The molecule has 0 aliphatic carbocycles. The number of hydrogen-bond donors (Lipinski definition) is 4. The first kappa shape index (κ1) is 23.2. The molecule has 0 aliphatic heterocycles. The molecule has 0 spiro atoms. The van der Waals surface area contributed by atoms with Crippen LogP contribution in [0.2, 0.25) is 0 Å². The first-order chi connectivity index (χ1) is 11.0. The third kappa shape index (κ3) is 28.7. The highest BCUT2D eigenvalue weighted by Gasteiger charge is 1.89. The van der Waals surface area contributed by atoms with Crippen molar-refractivity contribution in [3.05, 3.63) is 0 Å². The lowest BCUT2D eigenvalue weighted by Gasteiger charge is -1.97. The quantitative estimate of drug-likeness (QED) is 0.182. The summed E-state index contributed by atoms with van der Waals surface area (Å²) in [6.45, 7) is 4.21. The summed E-state index contributed by atoms with van der Waals surface area (Å²) >= 11 is 0. The van der Waals surface area contributed by atoms with Gasteiger partial charge in [-0.25, -0.2) is 9.79 Å². The van der Waals surface area contributed by atoms with E-state index in [0.717, 1.165) is 32.1 Å². The molecule has 0 rings (SSSR count). The van der Waals surface area contributed by atoms with Gasteiger partial charge in [0.2, 0.25) is 6.08 Å². The number of isocyanates is 1. The highest BCUT2D eigenvalue weighted by atomic mass is 16.1. The first-order valence-electron chi connectivity index (χ1n) is 8.19. The summed E-state index contributed by atoms with van der Waals surface area (Å²) in [5, 5.41) is 0. The number of hydrogen-bond acceptors (Lipinski definition) is 4. The molecule has 0 fully saturated rings. The van der Waals surface area contributed by atoms with Crippen LogP contribution >= 0.6 is 0 Å². The van der Waals surface area contributed by atoms with Crippen LogP contribution in [0.5, 0.6) is 0 Å². The highest BCUT2D eigenvalue weighted by Crippen LogP contribution is 2.00. The van der Waals surface area contributed by atoms with E-state index < -0.39 is 0 Å². The van der Waals surface area contributed by atoms with Gasteiger partial charge in [-0.05, 0) is 19.3 Å². The van der Waals surface area contributed by atoms with Crippen molar-refractivity contribution in [2.75, 3.05) is 19.6 Å². The number of nitrogens with zero attached hydrogens (tertiary/aromatic N) is 3. The van der Waals surface area contributed by atoms with Gasteiger partial charge >= 0.3 is 0 Å². The molecule has 8 heteroatoms. The van der Waals surface area contributed by atoms with Crippen molar-refractivity contribution in [1.82, 2.24) is 0 Å². The summed E-state index contributed by atoms with van der Waals surface area (Å²) in [5.74, 6) is 0.316. The Kier molecular flexibility index (Phi) is 20.1. The molecule has 0 heterocycles. The lowest BCUT2D eigenvalue weighted by atomic mass is 10.2. The molecular weight excluding hydrogens is 294 g/mol. The Labute approximate surface area is 139 Å². The molecule has 0 aromatic heterocycles. The topological polar surface area (TPSA) is 158 Å². The third-order valence-corrected chi connectivity index (χ3v) is 2.84. The van der Waals surface area contributed by atoms with Crippen molar-refractivity contribution in [1.29, 1.82) is 0 Å². The first-order valence-corrected chi connectivity index (χ1v) is 8.19. The monoisotopic (exact) mass is 327 g/mol. The minimum Gasteiger partial charge on any atom is -0.370 e. The van der Waals surface area contributed by atoms with Crippen LogP contribution in [0.4, 0.5) is 0 Å². The van der Waals surface area contributed by atoms with Gasteiger partial charge < -0.3 is 22.9 Å². The maximum Gasteiger partial charge on any atom is 0.234 e. The lowest BCUT2D eigenvalue weighted by Crippen LogP contribution is -2.23. The van der Waals surface area contributed by atoms with Gasteiger partial charge in [0.25, 0.3) is 0 Å². The maximum atomic E-state index is 9.55. The number of nitrogens with two attached hydrogens (primary N) is 4. The zero-order chi connectivity index (χ0) is 17.8. The van der Waals surface area contributed by atoms with Crippen LogP contribution in [0.15, 0.2) is 15.0 Å². The zero-order valence-electron chi connectivity index (χ0n) is 14.3. The molecule has 0 aliphatic rings. The molecule has 0 atom stereocenters. The van der Waals surface area contributed by atoms with Gasteiger partial charge in [-0.15, -0.1) is 0 Å². The Bertz CT molecular complexity index is 333. The van der Waals surface area contributed by atoms with E-state index in [0.29, 0.717) is 19.6 Å². The third-order valence-electron chi connectivity index (χ3n) is 2.84. The number of rotatable bonds is 12. The molecule has 0 amide bonds. The SMILES string of the molecule is CCCCCCN=C=O.NC(N)=NCCCCCCN=C(N)N. The molecule has 8 nitrogen and oxygen atoms in total. The van der Waals surface area contributed by atoms with Crippen molar-refractivity contribution in [2.24, 2.45) is 37.9 Å². The molecule has 0 bridgehead atoms. The van der Waals surface area contributed by atoms with Crippen LogP contribution in [-0.2, 0) is 4.79 Å². The average molecular weight is 327 g/mol. The normalized spacial score (nSPS) is 9.09. The van der Waals surface area contributed by atoms with Gasteiger partial charge in [0.1, 0.15) is 0 Å². The fraction of sp³-hybridized carbons (Fsp3) is 0.800. The summed E-state index contributed by atoms with van der Waals surface area (Å²) in [6, 6.07) is 0. The van der Waals surface area contributed by atoms with E-state index in [2.05, 4.69) is 21.9 Å². The van der Waals surface area contributed by atoms with Crippen molar-refractivity contribution < 1.29 is 4.79 Å². The lowest BCUT2D eigenvalue weighted by molar-refractivity contribution is 0.561. The van der Waals surface area contributed by atoms with Gasteiger partial charge in [-0.3, -0.25) is 9.98 Å². The van der Waals surface area contributed by atoms with Crippen LogP contribution in [-0.4, -0.2) is 37.6 Å². The molecule has 23 heavy (non-hydrogen) atoms. The molecule has 0 aromatic carbocycles. The minimum atomic E-state index is 0.158. The van der Waals surface area contributed by atoms with Gasteiger partial charge in [0.15, 0.2) is 11.9 Å². The van der Waals surface area contributed by atoms with E-state index in [1.807, 2.05) is 0 Å². The highest BCUT2D eigenvalue weighted by molar-refractivity contribution is 5.75. The predicted octanol–water partition coefficient (Wildman–Crippen LogP) is 0.996. The van der Waals surface area contributed by atoms with Crippen LogP contribution in [0.25, 0.3) is 0 Å². The number of carbonyl (C=O) groups excluding carboxylic acids is 1. The smallest absolute Gasteiger partial charge is 0.234 e. The van der Waals surface area contributed by atoms with Gasteiger partial charge in [0.05, 0.1) is 6.54 Å². The molecule has 0 unspecified atom stereocenters. The summed E-state index contributed by atoms with van der Waals surface area (Å²) < 4.78 is 0. The Morgan fingerprint density at radius 1 is 0.739 bits per heavy atom. The van der Waals surface area contributed by atoms with Crippen molar-refractivity contribution in [3.63, 3.8) is 0 Å². The van der Waals surface area contributed by atoms with Crippen LogP contribution in [0.3, 0.4) is 0 Å². The summed E-state index contributed by atoms with van der Waals surface area (Å²) in [6.07, 6.45) is 10.4. The Morgan fingerprint density at radius 3 is 1.57 bits per heavy atom. The Hall–Kier alpha value is -2.08. The molecule has 8 N–H and O–H groups in total. The second-order valence-corrected chi connectivity index (χ2v) is 5.06. The van der Waals surface area contributed by atoms with Gasteiger partial charge in [-0.1, -0.05) is 39.0 Å². The zero-order valence-corrected chi connectivity index (χ0v) is 14.3. The molecule has 0 radical (unpaired) electrons. The van der Waals surface area contributed by atoms with Crippen LogP contribution < -0.4 is 22.9 Å². The van der Waals surface area contributed by atoms with Crippen molar-refractivity contribution in [3.8, 4) is 0 Å². The molecule has 0 saturated heterocycles. The predicted molar refractivity (Wildman–Crippen MR) is 97.0 cm³/mol. The van der Waals surface area contributed by atoms with Crippen LogP contribution in [0, 0.1) is 0 Å². The van der Waals surface area contributed by atoms with Crippen LogP contribution in [0.1, 0.15) is 58.3 Å². The summed E-state index contributed by atoms with van der Waals surface area (Å²) in [4.78, 5) is 20.7. The van der Waals surface area contributed by atoms with E-state index in [1.54, 1.807) is 0 Å². The molecule has 0 saturated carbocycles. The van der Waals surface area contributed by atoms with E-state index in [9.17, 15) is 4.79 Å². The minimum absolute atomic E-state index is 0.158. The van der Waals surface area contributed by atoms with Gasteiger partial charge in [-0.2, -0.15) is 0 Å². The van der Waals surface area contributed by atoms with Gasteiger partial charge in [0, 0.05) is 13.1 Å².